The fraction of sp³-hybridized carbons (Fsp3) is 0.0526. The van der Waals surface area contributed by atoms with E-state index in [0.717, 1.165) is 16.7 Å². The highest BCUT2D eigenvalue weighted by Gasteiger charge is 2.44. The van der Waals surface area contributed by atoms with Crippen LogP contribution in [0.25, 0.3) is 0 Å². The number of aliphatic hydroxyl groups is 1. The van der Waals surface area contributed by atoms with Crippen LogP contribution in [0.4, 0.5) is 0 Å². The molecule has 0 amide bonds. The molecule has 0 radical (unpaired) electrons. The van der Waals surface area contributed by atoms with E-state index in [9.17, 15) is 5.11 Å². The van der Waals surface area contributed by atoms with Crippen molar-refractivity contribution in [2.75, 3.05) is 0 Å². The summed E-state index contributed by atoms with van der Waals surface area (Å²) in [6.45, 7) is 0. The Morgan fingerprint density at radius 2 is 0.667 bits per heavy atom. The van der Waals surface area contributed by atoms with Gasteiger partial charge in [0.15, 0.2) is 0 Å². The number of benzene rings is 5. The zero-order valence-corrected chi connectivity index (χ0v) is 21.7. The lowest BCUT2D eigenvalue weighted by Crippen LogP contribution is -2.28. The van der Waals surface area contributed by atoms with Crippen molar-refractivity contribution in [1.82, 2.24) is 0 Å². The summed E-state index contributed by atoms with van der Waals surface area (Å²) < 4.78 is 0. The van der Waals surface area contributed by atoms with Gasteiger partial charge in [-0.25, -0.2) is 0 Å². The highest BCUT2D eigenvalue weighted by atomic mass is 16.3. The molecule has 7 rings (SSSR count). The third kappa shape index (κ3) is 4.27. The third-order valence-electron chi connectivity index (χ3n) is 7.74. The molecular formula is C38H30O. The molecule has 2 aliphatic carbocycles. The Kier molecular flexibility index (Phi) is 6.67. The van der Waals surface area contributed by atoms with Gasteiger partial charge in [-0.3, -0.25) is 0 Å². The molecular weight excluding hydrogens is 472 g/mol. The summed E-state index contributed by atoms with van der Waals surface area (Å²) in [5.74, 6) is 0. The van der Waals surface area contributed by atoms with Gasteiger partial charge < -0.3 is 5.11 Å². The fourth-order valence-electron chi connectivity index (χ4n) is 5.88. The predicted octanol–water partition coefficient (Wildman–Crippen LogP) is 8.38. The summed E-state index contributed by atoms with van der Waals surface area (Å²) in [6, 6.07) is 50.9. The maximum atomic E-state index is 11.4. The fourth-order valence-corrected chi connectivity index (χ4v) is 5.88. The van der Waals surface area contributed by atoms with Gasteiger partial charge in [-0.1, -0.05) is 176 Å². The first-order valence-electron chi connectivity index (χ1n) is 13.3. The van der Waals surface area contributed by atoms with Crippen molar-refractivity contribution in [2.24, 2.45) is 0 Å². The first-order valence-corrected chi connectivity index (χ1v) is 13.3. The van der Waals surface area contributed by atoms with Crippen molar-refractivity contribution in [3.8, 4) is 0 Å². The maximum absolute atomic E-state index is 11.4. The van der Waals surface area contributed by atoms with Crippen LogP contribution in [0.2, 0.25) is 0 Å². The topological polar surface area (TPSA) is 20.2 Å². The number of hydrogen-bond acceptors (Lipinski definition) is 1. The first kappa shape index (κ1) is 24.6. The van der Waals surface area contributed by atoms with E-state index in [1.165, 1.54) is 22.3 Å². The van der Waals surface area contributed by atoms with Crippen molar-refractivity contribution in [2.45, 2.75) is 11.0 Å². The van der Waals surface area contributed by atoms with Gasteiger partial charge in [-0.2, -0.15) is 0 Å². The summed E-state index contributed by atoms with van der Waals surface area (Å²) >= 11 is 0. The number of hydrogen-bond donors (Lipinski definition) is 1. The van der Waals surface area contributed by atoms with Crippen LogP contribution in [0.1, 0.15) is 27.8 Å². The Hall–Kier alpha value is -4.72. The quantitative estimate of drug-likeness (QED) is 0.239. The molecule has 0 saturated carbocycles. The Morgan fingerprint density at radius 1 is 0.385 bits per heavy atom. The lowest BCUT2D eigenvalue weighted by molar-refractivity contribution is 0.125. The van der Waals surface area contributed by atoms with Gasteiger partial charge in [0.05, 0.1) is 5.41 Å². The van der Waals surface area contributed by atoms with Gasteiger partial charge in [0.25, 0.3) is 0 Å². The van der Waals surface area contributed by atoms with E-state index < -0.39 is 5.60 Å². The molecule has 1 N–H and O–H groups in total. The molecule has 1 heteroatoms. The number of allylic oxidation sites excluding steroid dienone is 6. The van der Waals surface area contributed by atoms with Crippen LogP contribution in [0.5, 0.6) is 0 Å². The molecule has 5 aromatic carbocycles. The van der Waals surface area contributed by atoms with E-state index in [1.807, 2.05) is 91.0 Å². The molecule has 0 saturated heterocycles. The normalized spacial score (nSPS) is 14.7. The van der Waals surface area contributed by atoms with Crippen LogP contribution in [-0.4, -0.2) is 5.11 Å². The van der Waals surface area contributed by atoms with Crippen LogP contribution in [0, 0.1) is 0 Å². The molecule has 1 nitrogen and oxygen atoms in total. The summed E-state index contributed by atoms with van der Waals surface area (Å²) in [7, 11) is 0. The van der Waals surface area contributed by atoms with E-state index in [0.29, 0.717) is 0 Å². The molecule has 0 aliphatic heterocycles. The van der Waals surface area contributed by atoms with Gasteiger partial charge >= 0.3 is 0 Å². The zero-order chi connectivity index (χ0) is 26.5. The Balaban J connectivity index is 0.000000142. The van der Waals surface area contributed by atoms with E-state index >= 15 is 0 Å². The molecule has 0 spiro atoms. The predicted molar refractivity (Wildman–Crippen MR) is 160 cm³/mol. The standard InChI is InChI=1S/C19H16O.C19H14/c20-19(16-10-4-1-5-11-16,17-12-6-2-7-13-17)18-14-8-3-9-15-18;1-3-7-15(8-4-1)19(16-9-5-2-6-10-16)17-11-12-18(19)14-13-17/h1-15,20H;1-14H. The van der Waals surface area contributed by atoms with Crippen LogP contribution >= 0.6 is 0 Å². The number of rotatable bonds is 5. The van der Waals surface area contributed by atoms with Gasteiger partial charge in [0, 0.05) is 0 Å². The van der Waals surface area contributed by atoms with E-state index in [4.69, 9.17) is 0 Å². The summed E-state index contributed by atoms with van der Waals surface area (Å²) in [4.78, 5) is 0. The molecule has 2 aliphatic rings. The second-order valence-electron chi connectivity index (χ2n) is 9.87. The van der Waals surface area contributed by atoms with Gasteiger partial charge in [0.1, 0.15) is 5.60 Å². The summed E-state index contributed by atoms with van der Waals surface area (Å²) in [5.41, 5.74) is 6.86. The minimum atomic E-state index is -1.12. The van der Waals surface area contributed by atoms with Crippen LogP contribution in [0.3, 0.4) is 0 Å². The average molecular weight is 503 g/mol. The van der Waals surface area contributed by atoms with Crippen molar-refractivity contribution in [1.29, 1.82) is 0 Å². The second kappa shape index (κ2) is 10.6. The molecule has 39 heavy (non-hydrogen) atoms. The lowest BCUT2D eigenvalue weighted by Gasteiger charge is -2.31. The molecule has 5 aromatic rings. The van der Waals surface area contributed by atoms with Crippen LogP contribution < -0.4 is 0 Å². The van der Waals surface area contributed by atoms with Crippen molar-refractivity contribution < 1.29 is 5.11 Å². The van der Waals surface area contributed by atoms with Gasteiger partial charge in [-0.15, -0.1) is 0 Å². The molecule has 0 heterocycles. The summed E-state index contributed by atoms with van der Waals surface area (Å²) in [6.07, 6.45) is 8.98. The third-order valence-corrected chi connectivity index (χ3v) is 7.74. The molecule has 0 unspecified atom stereocenters. The maximum Gasteiger partial charge on any atom is 0.140 e. The smallest absolute Gasteiger partial charge is 0.140 e. The summed E-state index contributed by atoms with van der Waals surface area (Å²) in [5, 5.41) is 11.4. The molecule has 0 atom stereocenters. The van der Waals surface area contributed by atoms with E-state index in [2.05, 4.69) is 85.0 Å². The minimum Gasteiger partial charge on any atom is -0.376 e. The van der Waals surface area contributed by atoms with Crippen molar-refractivity contribution >= 4 is 0 Å². The lowest BCUT2D eigenvalue weighted by atomic mass is 9.69. The second-order valence-corrected chi connectivity index (χ2v) is 9.87. The highest BCUT2D eigenvalue weighted by molar-refractivity contribution is 5.72. The highest BCUT2D eigenvalue weighted by Crippen LogP contribution is 2.53. The average Bonchev–Trinajstić information content (AvgIpc) is 3.59. The van der Waals surface area contributed by atoms with Crippen LogP contribution in [0.15, 0.2) is 187 Å². The van der Waals surface area contributed by atoms with Crippen molar-refractivity contribution in [3.05, 3.63) is 215 Å². The Morgan fingerprint density at radius 3 is 0.949 bits per heavy atom. The zero-order valence-electron chi connectivity index (χ0n) is 21.7. The van der Waals surface area contributed by atoms with Crippen molar-refractivity contribution in [3.63, 3.8) is 0 Å². The Bertz CT molecular complexity index is 1450. The molecule has 188 valence electrons. The van der Waals surface area contributed by atoms with Gasteiger partial charge in [-0.05, 0) is 39.0 Å². The Labute approximate surface area is 230 Å². The van der Waals surface area contributed by atoms with Gasteiger partial charge in [0.2, 0.25) is 0 Å². The first-order chi connectivity index (χ1) is 19.2. The van der Waals surface area contributed by atoms with E-state index in [-0.39, 0.29) is 5.41 Å². The molecule has 2 bridgehead atoms. The SMILES string of the molecule is C1=CC2=CC=C1C2(c1ccccc1)c1ccccc1.OC(c1ccccc1)(c1ccccc1)c1ccccc1. The van der Waals surface area contributed by atoms with E-state index in [1.54, 1.807) is 0 Å². The number of fused-ring (bicyclic) bond motifs is 2. The molecule has 0 aromatic heterocycles. The monoisotopic (exact) mass is 502 g/mol. The molecule has 0 fully saturated rings. The minimum absolute atomic E-state index is 0.0808. The van der Waals surface area contributed by atoms with Crippen LogP contribution in [-0.2, 0) is 11.0 Å². The largest absolute Gasteiger partial charge is 0.376 e.